The third kappa shape index (κ3) is 4.76. The lowest BCUT2D eigenvalue weighted by Crippen LogP contribution is -2.31. The summed E-state index contributed by atoms with van der Waals surface area (Å²) in [6.45, 7) is 0. The highest BCUT2D eigenvalue weighted by Crippen LogP contribution is 2.45. The minimum Gasteiger partial charge on any atom is -0.497 e. The maximum atomic E-state index is 13.7. The van der Waals surface area contributed by atoms with Gasteiger partial charge in [-0.05, 0) is 90.6 Å². The fourth-order valence-electron chi connectivity index (χ4n) is 4.93. The van der Waals surface area contributed by atoms with Gasteiger partial charge in [0.15, 0.2) is 0 Å². The van der Waals surface area contributed by atoms with Crippen molar-refractivity contribution < 1.29 is 14.3 Å². The molecule has 0 bridgehead atoms. The predicted molar refractivity (Wildman–Crippen MR) is 142 cm³/mol. The van der Waals surface area contributed by atoms with Gasteiger partial charge in [0.05, 0.1) is 26.0 Å². The van der Waals surface area contributed by atoms with Crippen LogP contribution < -0.4 is 9.47 Å². The van der Waals surface area contributed by atoms with Crippen LogP contribution in [0.2, 0.25) is 0 Å². The van der Waals surface area contributed by atoms with Gasteiger partial charge in [0.25, 0.3) is 5.91 Å². The molecule has 1 fully saturated rings. The van der Waals surface area contributed by atoms with Crippen molar-refractivity contribution in [3.05, 3.63) is 99.5 Å². The number of halogens is 1. The first kappa shape index (κ1) is 23.4. The monoisotopic (exact) mass is 530 g/mol. The van der Waals surface area contributed by atoms with Crippen molar-refractivity contribution in [2.45, 2.75) is 25.3 Å². The maximum Gasteiger partial charge on any atom is 0.274 e. The smallest absolute Gasteiger partial charge is 0.274 e. The molecule has 0 saturated heterocycles. The van der Waals surface area contributed by atoms with Crippen LogP contribution in [0.3, 0.4) is 0 Å². The molecule has 5 rings (SSSR count). The highest BCUT2D eigenvalue weighted by atomic mass is 79.9. The number of carbonyl (C=O) groups is 1. The minimum atomic E-state index is -0.161. The number of hydrogen-bond acceptors (Lipinski definition) is 4. The van der Waals surface area contributed by atoms with E-state index >= 15 is 0 Å². The molecule has 0 aromatic heterocycles. The first-order valence-electron chi connectivity index (χ1n) is 11.7. The summed E-state index contributed by atoms with van der Waals surface area (Å²) in [4.78, 5) is 13.7. The van der Waals surface area contributed by atoms with Gasteiger partial charge in [0.1, 0.15) is 11.5 Å². The Balaban J connectivity index is 1.55. The molecule has 2 atom stereocenters. The Hall–Kier alpha value is -3.38. The van der Waals surface area contributed by atoms with E-state index in [0.29, 0.717) is 5.56 Å². The maximum absolute atomic E-state index is 13.7. The van der Waals surface area contributed by atoms with E-state index in [2.05, 4.69) is 34.1 Å². The molecule has 178 valence electrons. The van der Waals surface area contributed by atoms with Crippen molar-refractivity contribution in [2.24, 2.45) is 11.0 Å². The summed E-state index contributed by atoms with van der Waals surface area (Å²) in [5, 5.41) is 6.68. The van der Waals surface area contributed by atoms with Crippen molar-refractivity contribution >= 4 is 33.6 Å². The summed E-state index contributed by atoms with van der Waals surface area (Å²) in [5.41, 5.74) is 4.98. The topological polar surface area (TPSA) is 51.1 Å². The number of methoxy groups -OCH3 is 2. The Bertz CT molecular complexity index is 1260. The fraction of sp³-hybridized carbons (Fsp3) is 0.241. The molecule has 1 amide bonds. The average molecular weight is 531 g/mol. The summed E-state index contributed by atoms with van der Waals surface area (Å²) in [6, 6.07) is 23.3. The van der Waals surface area contributed by atoms with Gasteiger partial charge >= 0.3 is 0 Å². The van der Waals surface area contributed by atoms with Crippen molar-refractivity contribution in [3.8, 4) is 11.5 Å². The Morgan fingerprint density at radius 2 is 1.57 bits per heavy atom. The van der Waals surface area contributed by atoms with Crippen LogP contribution >= 0.6 is 15.9 Å². The van der Waals surface area contributed by atoms with Crippen LogP contribution in [0.5, 0.6) is 11.5 Å². The van der Waals surface area contributed by atoms with Crippen LogP contribution in [-0.4, -0.2) is 30.8 Å². The van der Waals surface area contributed by atoms with Gasteiger partial charge in [-0.15, -0.1) is 0 Å². The summed E-state index contributed by atoms with van der Waals surface area (Å²) >= 11 is 3.46. The first-order valence-corrected chi connectivity index (χ1v) is 12.5. The van der Waals surface area contributed by atoms with E-state index < -0.39 is 0 Å². The van der Waals surface area contributed by atoms with Gasteiger partial charge in [-0.25, -0.2) is 5.01 Å². The van der Waals surface area contributed by atoms with Crippen LogP contribution in [0.1, 0.15) is 46.8 Å². The number of allylic oxidation sites excluding steroid dienone is 1. The van der Waals surface area contributed by atoms with Crippen LogP contribution in [0, 0.1) is 5.92 Å². The number of amides is 1. The zero-order chi connectivity index (χ0) is 24.4. The minimum absolute atomic E-state index is 0.0935. The molecule has 1 aliphatic heterocycles. The average Bonchev–Trinajstić information content (AvgIpc) is 3.30. The first-order chi connectivity index (χ1) is 17.1. The second-order valence-corrected chi connectivity index (χ2v) is 9.72. The normalized spacial score (nSPS) is 20.4. The number of hydrogen-bond donors (Lipinski definition) is 0. The Morgan fingerprint density at radius 1 is 0.943 bits per heavy atom. The van der Waals surface area contributed by atoms with Crippen molar-refractivity contribution in [1.82, 2.24) is 5.01 Å². The standard InChI is InChI=1S/C29H27BrN2O3/c1-34-24-14-6-19(7-15-24)18-22-4-3-5-26-27(22)31-32(29(33)21-8-12-23(30)13-9-21)28(26)20-10-16-25(35-2)17-11-20/h6-18,26,28H,3-5H2,1-2H3/b22-18+. The van der Waals surface area contributed by atoms with E-state index in [1.807, 2.05) is 60.7 Å². The van der Waals surface area contributed by atoms with Gasteiger partial charge in [-0.3, -0.25) is 4.79 Å². The van der Waals surface area contributed by atoms with Crippen LogP contribution in [-0.2, 0) is 0 Å². The summed E-state index contributed by atoms with van der Waals surface area (Å²) in [5.74, 6) is 1.67. The lowest BCUT2D eigenvalue weighted by Gasteiger charge is -2.29. The van der Waals surface area contributed by atoms with E-state index in [9.17, 15) is 4.79 Å². The zero-order valence-electron chi connectivity index (χ0n) is 19.8. The van der Waals surface area contributed by atoms with Crippen LogP contribution in [0.4, 0.5) is 0 Å². The molecule has 2 aliphatic rings. The molecule has 5 nitrogen and oxygen atoms in total. The Labute approximate surface area is 214 Å². The van der Waals surface area contributed by atoms with E-state index in [0.717, 1.165) is 52.1 Å². The number of nitrogens with zero attached hydrogens (tertiary/aromatic N) is 2. The molecule has 0 N–H and O–H groups in total. The molecular weight excluding hydrogens is 504 g/mol. The highest BCUT2D eigenvalue weighted by Gasteiger charge is 2.43. The molecular formula is C29H27BrN2O3. The number of carbonyl (C=O) groups excluding carboxylic acids is 1. The molecule has 3 aromatic carbocycles. The molecule has 1 saturated carbocycles. The summed E-state index contributed by atoms with van der Waals surface area (Å²) in [6.07, 6.45) is 5.18. The van der Waals surface area contributed by atoms with Gasteiger partial charge in [0.2, 0.25) is 0 Å². The van der Waals surface area contributed by atoms with Gasteiger partial charge in [-0.1, -0.05) is 40.2 Å². The quantitative estimate of drug-likeness (QED) is 0.360. The lowest BCUT2D eigenvalue weighted by atomic mass is 9.77. The number of hydrazone groups is 1. The SMILES string of the molecule is COc1ccc(/C=C2\CCCC3C2=NN(C(=O)c2ccc(Br)cc2)C3c2ccc(OC)cc2)cc1. The Morgan fingerprint density at radius 3 is 2.20 bits per heavy atom. The molecule has 2 unspecified atom stereocenters. The van der Waals surface area contributed by atoms with E-state index in [1.165, 1.54) is 5.57 Å². The number of rotatable bonds is 5. The number of ether oxygens (including phenoxy) is 2. The lowest BCUT2D eigenvalue weighted by molar-refractivity contribution is 0.0681. The van der Waals surface area contributed by atoms with Gasteiger partial charge in [0, 0.05) is 16.0 Å². The summed E-state index contributed by atoms with van der Waals surface area (Å²) < 4.78 is 11.6. The van der Waals surface area contributed by atoms with Crippen molar-refractivity contribution in [2.75, 3.05) is 14.2 Å². The molecule has 1 heterocycles. The summed E-state index contributed by atoms with van der Waals surface area (Å²) in [7, 11) is 3.33. The zero-order valence-corrected chi connectivity index (χ0v) is 21.4. The fourth-order valence-corrected chi connectivity index (χ4v) is 5.19. The van der Waals surface area contributed by atoms with E-state index in [-0.39, 0.29) is 17.9 Å². The largest absolute Gasteiger partial charge is 0.497 e. The molecule has 0 radical (unpaired) electrons. The van der Waals surface area contributed by atoms with Crippen LogP contribution in [0.25, 0.3) is 6.08 Å². The van der Waals surface area contributed by atoms with Gasteiger partial charge < -0.3 is 9.47 Å². The van der Waals surface area contributed by atoms with Crippen molar-refractivity contribution in [1.29, 1.82) is 0 Å². The number of fused-ring (bicyclic) bond motifs is 1. The third-order valence-corrected chi connectivity index (χ3v) is 7.24. The van der Waals surface area contributed by atoms with E-state index in [4.69, 9.17) is 14.6 Å². The molecule has 3 aromatic rings. The number of benzene rings is 3. The van der Waals surface area contributed by atoms with Crippen LogP contribution in [0.15, 0.2) is 87.9 Å². The molecule has 0 spiro atoms. The molecule has 6 heteroatoms. The van der Waals surface area contributed by atoms with Crippen molar-refractivity contribution in [3.63, 3.8) is 0 Å². The third-order valence-electron chi connectivity index (χ3n) is 6.71. The Kier molecular flexibility index (Phi) is 6.73. The second-order valence-electron chi connectivity index (χ2n) is 8.80. The van der Waals surface area contributed by atoms with E-state index in [1.54, 1.807) is 19.2 Å². The highest BCUT2D eigenvalue weighted by molar-refractivity contribution is 9.10. The second kappa shape index (κ2) is 10.1. The van der Waals surface area contributed by atoms with Gasteiger partial charge in [-0.2, -0.15) is 5.10 Å². The molecule has 1 aliphatic carbocycles. The predicted octanol–water partition coefficient (Wildman–Crippen LogP) is 6.90. The molecule has 35 heavy (non-hydrogen) atoms.